The number of hydrogen-bond donors (Lipinski definition) is 3. The van der Waals surface area contributed by atoms with E-state index in [1.165, 1.54) is 5.56 Å². The van der Waals surface area contributed by atoms with Gasteiger partial charge in [-0.25, -0.2) is 4.99 Å². The van der Waals surface area contributed by atoms with Crippen LogP contribution in [-0.2, 0) is 13.1 Å². The molecule has 1 heterocycles. The van der Waals surface area contributed by atoms with Gasteiger partial charge in [-0.2, -0.15) is 0 Å². The van der Waals surface area contributed by atoms with Crippen molar-refractivity contribution in [3.8, 4) is 0 Å². The lowest BCUT2D eigenvalue weighted by molar-refractivity contribution is 0.0972. The van der Waals surface area contributed by atoms with Crippen LogP contribution in [0.15, 0.2) is 45.8 Å². The molecule has 6 nitrogen and oxygen atoms in total. The van der Waals surface area contributed by atoms with Gasteiger partial charge in [0.05, 0.1) is 13.1 Å². The summed E-state index contributed by atoms with van der Waals surface area (Å²) in [6.07, 6.45) is 0. The largest absolute Gasteiger partial charge is 0.454 e. The zero-order valence-corrected chi connectivity index (χ0v) is 13.4. The van der Waals surface area contributed by atoms with E-state index in [0.29, 0.717) is 24.8 Å². The first-order chi connectivity index (χ1) is 11.1. The molecule has 0 radical (unpaired) electrons. The third-order valence-corrected chi connectivity index (χ3v) is 3.18. The zero-order valence-electron chi connectivity index (χ0n) is 13.4. The van der Waals surface area contributed by atoms with E-state index in [9.17, 15) is 4.79 Å². The van der Waals surface area contributed by atoms with Gasteiger partial charge in [-0.3, -0.25) is 4.79 Å². The number of guanidine groups is 1. The van der Waals surface area contributed by atoms with Crippen molar-refractivity contribution in [1.29, 1.82) is 0 Å². The quantitative estimate of drug-likeness (QED) is 0.561. The molecule has 1 aromatic carbocycles. The van der Waals surface area contributed by atoms with Crippen LogP contribution < -0.4 is 16.4 Å². The number of aliphatic imine (C=N–C) groups is 1. The van der Waals surface area contributed by atoms with E-state index >= 15 is 0 Å². The summed E-state index contributed by atoms with van der Waals surface area (Å²) in [5.41, 5.74) is 7.53. The van der Waals surface area contributed by atoms with Gasteiger partial charge in [0, 0.05) is 6.54 Å². The molecular weight excluding hydrogens is 292 g/mol. The van der Waals surface area contributed by atoms with Gasteiger partial charge >= 0.3 is 0 Å². The molecule has 122 valence electrons. The molecule has 0 bridgehead atoms. The van der Waals surface area contributed by atoms with E-state index in [0.717, 1.165) is 12.1 Å². The van der Waals surface area contributed by atoms with Crippen LogP contribution in [0, 0.1) is 6.92 Å². The highest BCUT2D eigenvalue weighted by Gasteiger charge is 2.07. The fraction of sp³-hybridized carbons (Fsp3) is 0.294. The Labute approximate surface area is 135 Å². The van der Waals surface area contributed by atoms with Gasteiger partial charge in [0.15, 0.2) is 11.7 Å². The van der Waals surface area contributed by atoms with E-state index in [4.69, 9.17) is 10.2 Å². The molecule has 1 aromatic heterocycles. The van der Waals surface area contributed by atoms with Gasteiger partial charge in [0.2, 0.25) is 0 Å². The number of nitrogens with zero attached hydrogens (tertiary/aromatic N) is 1. The van der Waals surface area contributed by atoms with Crippen LogP contribution in [-0.4, -0.2) is 18.4 Å². The zero-order chi connectivity index (χ0) is 16.7. The Morgan fingerprint density at radius 3 is 2.74 bits per heavy atom. The summed E-state index contributed by atoms with van der Waals surface area (Å²) in [6, 6.07) is 11.5. The highest BCUT2D eigenvalue weighted by Crippen LogP contribution is 2.07. The first kappa shape index (κ1) is 16.6. The minimum absolute atomic E-state index is 0.156. The Balaban J connectivity index is 1.97. The molecule has 4 N–H and O–H groups in total. The molecule has 2 rings (SSSR count). The average molecular weight is 314 g/mol. The predicted molar refractivity (Wildman–Crippen MR) is 90.1 cm³/mol. The van der Waals surface area contributed by atoms with Crippen LogP contribution in [0.3, 0.4) is 0 Å². The van der Waals surface area contributed by atoms with Crippen molar-refractivity contribution in [2.24, 2.45) is 10.7 Å². The third-order valence-electron chi connectivity index (χ3n) is 3.18. The molecule has 0 spiro atoms. The van der Waals surface area contributed by atoms with Gasteiger partial charge in [-0.1, -0.05) is 29.8 Å². The van der Waals surface area contributed by atoms with E-state index in [1.54, 1.807) is 12.1 Å². The Morgan fingerprint density at radius 1 is 1.26 bits per heavy atom. The van der Waals surface area contributed by atoms with E-state index in [2.05, 4.69) is 34.7 Å². The molecule has 0 saturated carbocycles. The molecule has 0 aliphatic heterocycles. The maximum atomic E-state index is 11.0. The number of carbonyl (C=O) groups excluding carboxylic acids is 1. The highest BCUT2D eigenvalue weighted by atomic mass is 16.3. The first-order valence-corrected chi connectivity index (χ1v) is 7.54. The van der Waals surface area contributed by atoms with Crippen LogP contribution in [0.25, 0.3) is 0 Å². The molecule has 0 unspecified atom stereocenters. The van der Waals surface area contributed by atoms with Gasteiger partial charge in [0.25, 0.3) is 5.91 Å². The number of nitrogens with one attached hydrogen (secondary N) is 2. The van der Waals surface area contributed by atoms with Crippen molar-refractivity contribution in [1.82, 2.24) is 10.6 Å². The average Bonchev–Trinajstić information content (AvgIpc) is 2.99. The van der Waals surface area contributed by atoms with Crippen molar-refractivity contribution in [2.75, 3.05) is 6.54 Å². The number of furan rings is 1. The van der Waals surface area contributed by atoms with E-state index in [1.807, 2.05) is 19.1 Å². The van der Waals surface area contributed by atoms with Crippen LogP contribution in [0.2, 0.25) is 0 Å². The number of hydrogen-bond acceptors (Lipinski definition) is 3. The maximum Gasteiger partial charge on any atom is 0.284 e. The van der Waals surface area contributed by atoms with E-state index < -0.39 is 5.91 Å². The normalized spacial score (nSPS) is 11.3. The maximum absolute atomic E-state index is 11.0. The van der Waals surface area contributed by atoms with Crippen molar-refractivity contribution in [3.05, 3.63) is 59.0 Å². The fourth-order valence-electron chi connectivity index (χ4n) is 2.10. The van der Waals surface area contributed by atoms with E-state index in [-0.39, 0.29) is 5.76 Å². The van der Waals surface area contributed by atoms with Gasteiger partial charge in [-0.15, -0.1) is 0 Å². The number of primary amides is 1. The van der Waals surface area contributed by atoms with Crippen molar-refractivity contribution < 1.29 is 9.21 Å². The molecule has 0 atom stereocenters. The lowest BCUT2D eigenvalue weighted by Gasteiger charge is -2.10. The molecule has 0 aliphatic carbocycles. The summed E-state index contributed by atoms with van der Waals surface area (Å²) >= 11 is 0. The SMILES string of the molecule is CCNC(=NCc1cccc(C)c1)NCc1ccc(C(N)=O)o1. The minimum Gasteiger partial charge on any atom is -0.454 e. The summed E-state index contributed by atoms with van der Waals surface area (Å²) in [5, 5.41) is 6.34. The van der Waals surface area contributed by atoms with Crippen LogP contribution in [0.1, 0.15) is 34.4 Å². The second-order valence-electron chi connectivity index (χ2n) is 5.17. The standard InChI is InChI=1S/C17H22N4O2/c1-3-19-17(20-10-13-6-4-5-12(2)9-13)21-11-14-7-8-15(23-14)16(18)22/h4-9H,3,10-11H2,1-2H3,(H2,18,22)(H2,19,20,21). The predicted octanol–water partition coefficient (Wildman–Crippen LogP) is 1.94. The van der Waals surface area contributed by atoms with Gasteiger partial charge in [0.1, 0.15) is 5.76 Å². The molecule has 1 amide bonds. The number of rotatable bonds is 6. The topological polar surface area (TPSA) is 92.6 Å². The van der Waals surface area contributed by atoms with Crippen LogP contribution >= 0.6 is 0 Å². The van der Waals surface area contributed by atoms with Crippen LogP contribution in [0.5, 0.6) is 0 Å². The Hall–Kier alpha value is -2.76. The Bertz CT molecular complexity index is 691. The molecule has 0 saturated heterocycles. The highest BCUT2D eigenvalue weighted by molar-refractivity contribution is 5.89. The number of benzene rings is 1. The van der Waals surface area contributed by atoms with Gasteiger partial charge in [-0.05, 0) is 31.5 Å². The Kier molecular flexibility index (Phi) is 5.80. The summed E-state index contributed by atoms with van der Waals surface area (Å²) in [5.74, 6) is 0.894. The summed E-state index contributed by atoms with van der Waals surface area (Å²) < 4.78 is 5.33. The number of carbonyl (C=O) groups is 1. The fourth-order valence-corrected chi connectivity index (χ4v) is 2.10. The van der Waals surface area contributed by atoms with Crippen molar-refractivity contribution >= 4 is 11.9 Å². The number of aryl methyl sites for hydroxylation is 1. The molecule has 6 heteroatoms. The lowest BCUT2D eigenvalue weighted by atomic mass is 10.1. The summed E-state index contributed by atoms with van der Waals surface area (Å²) in [7, 11) is 0. The molecular formula is C17H22N4O2. The van der Waals surface area contributed by atoms with Crippen molar-refractivity contribution in [2.45, 2.75) is 26.9 Å². The first-order valence-electron chi connectivity index (χ1n) is 7.54. The van der Waals surface area contributed by atoms with Gasteiger partial charge < -0.3 is 20.8 Å². The van der Waals surface area contributed by atoms with Crippen LogP contribution in [0.4, 0.5) is 0 Å². The number of nitrogens with two attached hydrogens (primary N) is 1. The molecule has 0 aliphatic rings. The smallest absolute Gasteiger partial charge is 0.284 e. The molecule has 0 fully saturated rings. The summed E-state index contributed by atoms with van der Waals surface area (Å²) in [4.78, 5) is 15.6. The molecule has 23 heavy (non-hydrogen) atoms. The lowest BCUT2D eigenvalue weighted by Crippen LogP contribution is -2.36. The Morgan fingerprint density at radius 2 is 2.09 bits per heavy atom. The second-order valence-corrected chi connectivity index (χ2v) is 5.17. The summed E-state index contributed by atoms with van der Waals surface area (Å²) in [6.45, 7) is 5.82. The third kappa shape index (κ3) is 5.18. The van der Waals surface area contributed by atoms with Crippen molar-refractivity contribution in [3.63, 3.8) is 0 Å². The monoisotopic (exact) mass is 314 g/mol. The minimum atomic E-state index is -0.573. The molecule has 2 aromatic rings. The number of amides is 1. The second kappa shape index (κ2) is 8.03.